The lowest BCUT2D eigenvalue weighted by molar-refractivity contribution is -0.376. The first-order valence-electron chi connectivity index (χ1n) is 8.01. The average Bonchev–Trinajstić information content (AvgIpc) is 2.51. The molecule has 164 valence electrons. The number of aliphatic hydroxyl groups is 2. The van der Waals surface area contributed by atoms with Gasteiger partial charge in [-0.25, -0.2) is 5.32 Å². The molecule has 0 bridgehead atoms. The number of thiocarbonyl (C=S) groups is 2. The second-order valence-electron chi connectivity index (χ2n) is 6.95. The van der Waals surface area contributed by atoms with Crippen LogP contribution in [0.25, 0.3) is 0 Å². The Balaban J connectivity index is 3.88. The van der Waals surface area contributed by atoms with Crippen molar-refractivity contribution in [3.63, 3.8) is 0 Å². The standard InChI is InChI=1S/C15H21F6NO4S2/c1-6(2)5-7-8(10(27)25-3)12(23,14(16,17)18)22-13(24,15(19,20)21)9(7)11(28)26-4/h6-9,22-24H,5H2,1-4H3. The predicted molar refractivity (Wildman–Crippen MR) is 94.3 cm³/mol. The molecule has 1 saturated heterocycles. The third kappa shape index (κ3) is 4.23. The second-order valence-corrected chi connectivity index (χ2v) is 7.75. The Bertz CT molecular complexity index is 568. The summed E-state index contributed by atoms with van der Waals surface area (Å²) >= 11 is 9.60. The zero-order valence-electron chi connectivity index (χ0n) is 15.3. The minimum Gasteiger partial charge on any atom is -0.490 e. The van der Waals surface area contributed by atoms with Crippen LogP contribution in [0.5, 0.6) is 0 Å². The molecule has 1 aliphatic heterocycles. The van der Waals surface area contributed by atoms with Gasteiger partial charge in [-0.3, -0.25) is 0 Å². The van der Waals surface area contributed by atoms with Crippen LogP contribution in [0.15, 0.2) is 0 Å². The van der Waals surface area contributed by atoms with E-state index in [1.165, 1.54) is 0 Å². The Morgan fingerprint density at radius 3 is 1.46 bits per heavy atom. The Morgan fingerprint density at radius 2 is 1.25 bits per heavy atom. The van der Waals surface area contributed by atoms with Crippen LogP contribution in [-0.2, 0) is 9.47 Å². The smallest absolute Gasteiger partial charge is 0.431 e. The number of halogens is 6. The highest BCUT2D eigenvalue weighted by Gasteiger charge is 2.76. The summed E-state index contributed by atoms with van der Waals surface area (Å²) in [4.78, 5) is 0. The number of hydrogen-bond acceptors (Lipinski definition) is 7. The number of nitrogens with one attached hydrogen (secondary N) is 1. The highest BCUT2D eigenvalue weighted by molar-refractivity contribution is 7.80. The zero-order chi connectivity index (χ0) is 22.3. The molecular formula is C15H21F6NO4S2. The molecule has 0 amide bonds. The highest BCUT2D eigenvalue weighted by atomic mass is 32.1. The summed E-state index contributed by atoms with van der Waals surface area (Å²) in [7, 11) is 1.86. The molecule has 4 atom stereocenters. The van der Waals surface area contributed by atoms with E-state index in [-0.39, 0.29) is 6.42 Å². The third-order valence-corrected chi connectivity index (χ3v) is 5.50. The van der Waals surface area contributed by atoms with Gasteiger partial charge in [0.25, 0.3) is 0 Å². The molecule has 1 fully saturated rings. The molecule has 0 aromatic heterocycles. The molecule has 1 aliphatic rings. The van der Waals surface area contributed by atoms with Crippen LogP contribution in [-0.4, -0.2) is 58.3 Å². The first kappa shape index (κ1) is 25.3. The lowest BCUT2D eigenvalue weighted by Crippen LogP contribution is -2.82. The fourth-order valence-electron chi connectivity index (χ4n) is 3.51. The monoisotopic (exact) mass is 457 g/mol. The van der Waals surface area contributed by atoms with Crippen LogP contribution >= 0.6 is 24.4 Å². The maximum absolute atomic E-state index is 13.8. The van der Waals surface area contributed by atoms with E-state index in [1.807, 2.05) is 0 Å². The SMILES string of the molecule is COC(=S)C1C(CC(C)C)C(C(=S)OC)C(O)(C(F)(F)F)NC1(O)C(F)(F)F. The molecule has 4 unspecified atom stereocenters. The van der Waals surface area contributed by atoms with Gasteiger partial charge < -0.3 is 19.7 Å². The van der Waals surface area contributed by atoms with E-state index in [2.05, 4.69) is 0 Å². The summed E-state index contributed by atoms with van der Waals surface area (Å²) < 4.78 is 91.9. The number of methoxy groups -OCH3 is 2. The Hall–Kier alpha value is -0.760. The first-order valence-corrected chi connectivity index (χ1v) is 8.82. The number of hydrogen-bond donors (Lipinski definition) is 3. The van der Waals surface area contributed by atoms with Crippen molar-refractivity contribution in [2.75, 3.05) is 14.2 Å². The molecule has 0 aromatic rings. The fraction of sp³-hybridized carbons (Fsp3) is 0.867. The lowest BCUT2D eigenvalue weighted by Gasteiger charge is -2.55. The lowest BCUT2D eigenvalue weighted by atomic mass is 9.64. The third-order valence-electron chi connectivity index (χ3n) is 4.66. The molecule has 1 rings (SSSR count). The summed E-state index contributed by atoms with van der Waals surface area (Å²) in [5.74, 6) is -6.52. The van der Waals surface area contributed by atoms with Crippen molar-refractivity contribution < 1.29 is 46.0 Å². The molecule has 13 heteroatoms. The molecule has 5 nitrogen and oxygen atoms in total. The maximum Gasteiger partial charge on any atom is 0.431 e. The van der Waals surface area contributed by atoms with Gasteiger partial charge in [0, 0.05) is 0 Å². The van der Waals surface area contributed by atoms with E-state index in [0.717, 1.165) is 19.5 Å². The summed E-state index contributed by atoms with van der Waals surface area (Å²) in [6.45, 7) is 3.09. The van der Waals surface area contributed by atoms with Gasteiger partial charge in [-0.1, -0.05) is 13.8 Å². The van der Waals surface area contributed by atoms with Crippen LogP contribution in [0, 0.1) is 23.7 Å². The molecule has 0 radical (unpaired) electrons. The van der Waals surface area contributed by atoms with Gasteiger partial charge in [0.1, 0.15) is 0 Å². The van der Waals surface area contributed by atoms with Crippen molar-refractivity contribution in [2.45, 2.75) is 44.1 Å². The molecule has 1 heterocycles. The minimum absolute atomic E-state index is 0.305. The molecule has 0 spiro atoms. The molecule has 28 heavy (non-hydrogen) atoms. The van der Waals surface area contributed by atoms with E-state index in [4.69, 9.17) is 33.9 Å². The van der Waals surface area contributed by atoms with Gasteiger partial charge in [0.2, 0.25) is 11.4 Å². The first-order chi connectivity index (χ1) is 12.5. The molecule has 0 saturated carbocycles. The van der Waals surface area contributed by atoms with E-state index in [1.54, 1.807) is 13.8 Å². The van der Waals surface area contributed by atoms with E-state index < -0.39 is 57.6 Å². The van der Waals surface area contributed by atoms with Crippen LogP contribution in [0.4, 0.5) is 26.3 Å². The molecular weight excluding hydrogens is 436 g/mol. The van der Waals surface area contributed by atoms with Gasteiger partial charge in [-0.2, -0.15) is 26.3 Å². The van der Waals surface area contributed by atoms with Crippen molar-refractivity contribution in [3.8, 4) is 0 Å². The van der Waals surface area contributed by atoms with Crippen molar-refractivity contribution in [1.29, 1.82) is 0 Å². The normalized spacial score (nSPS) is 34.2. The minimum atomic E-state index is -5.64. The van der Waals surface area contributed by atoms with Gasteiger partial charge in [-0.05, 0) is 42.7 Å². The van der Waals surface area contributed by atoms with Gasteiger partial charge in [0.15, 0.2) is 10.1 Å². The van der Waals surface area contributed by atoms with Crippen molar-refractivity contribution >= 4 is 34.5 Å². The Kier molecular flexibility index (Phi) is 7.37. The summed E-state index contributed by atoms with van der Waals surface area (Å²) in [6, 6.07) is 0. The molecule has 0 aliphatic carbocycles. The van der Waals surface area contributed by atoms with Crippen molar-refractivity contribution in [3.05, 3.63) is 0 Å². The van der Waals surface area contributed by atoms with Crippen molar-refractivity contribution in [1.82, 2.24) is 5.32 Å². The quantitative estimate of drug-likeness (QED) is 0.443. The van der Waals surface area contributed by atoms with Crippen molar-refractivity contribution in [2.24, 2.45) is 23.7 Å². The zero-order valence-corrected chi connectivity index (χ0v) is 16.9. The topological polar surface area (TPSA) is 71.0 Å². The molecule has 0 aromatic carbocycles. The van der Waals surface area contributed by atoms with E-state index in [9.17, 15) is 36.6 Å². The number of ether oxygens (including phenoxy) is 2. The van der Waals surface area contributed by atoms with Crippen LogP contribution in [0.2, 0.25) is 0 Å². The number of rotatable bonds is 4. The van der Waals surface area contributed by atoms with Crippen LogP contribution in [0.1, 0.15) is 20.3 Å². The largest absolute Gasteiger partial charge is 0.490 e. The predicted octanol–water partition coefficient (Wildman–Crippen LogP) is 2.93. The van der Waals surface area contributed by atoms with Gasteiger partial charge in [0.05, 0.1) is 26.1 Å². The summed E-state index contributed by atoms with van der Waals surface area (Å²) in [5.41, 5.74) is -8.46. The van der Waals surface area contributed by atoms with E-state index in [0.29, 0.717) is 0 Å². The number of piperidine rings is 1. The average molecular weight is 457 g/mol. The summed E-state index contributed by atoms with van der Waals surface area (Å²) in [6.07, 6.45) is -11.6. The Morgan fingerprint density at radius 1 is 0.929 bits per heavy atom. The van der Waals surface area contributed by atoms with Crippen LogP contribution < -0.4 is 5.32 Å². The molecule has 3 N–H and O–H groups in total. The maximum atomic E-state index is 13.8. The van der Waals surface area contributed by atoms with Crippen LogP contribution in [0.3, 0.4) is 0 Å². The number of alkyl halides is 6. The van der Waals surface area contributed by atoms with E-state index >= 15 is 0 Å². The van der Waals surface area contributed by atoms with Gasteiger partial charge in [-0.15, -0.1) is 0 Å². The fourth-order valence-corrected chi connectivity index (χ4v) is 4.20. The Labute approximate surface area is 168 Å². The summed E-state index contributed by atoms with van der Waals surface area (Å²) in [5, 5.41) is 20.1. The second kappa shape index (κ2) is 8.17. The van der Waals surface area contributed by atoms with Gasteiger partial charge >= 0.3 is 12.4 Å². The highest BCUT2D eigenvalue weighted by Crippen LogP contribution is 2.54.